The fourth-order valence-electron chi connectivity index (χ4n) is 3.53. The van der Waals surface area contributed by atoms with Crippen LogP contribution in [0.25, 0.3) is 0 Å². The largest absolute Gasteiger partial charge is 0.497 e. The van der Waals surface area contributed by atoms with E-state index in [-0.39, 0.29) is 24.0 Å². The molecule has 1 N–H and O–H groups in total. The molecule has 158 valence electrons. The normalized spacial score (nSPS) is 18.6. The second-order valence-electron chi connectivity index (χ2n) is 6.87. The van der Waals surface area contributed by atoms with Crippen LogP contribution in [0.2, 0.25) is 0 Å². The predicted octanol–water partition coefficient (Wildman–Crippen LogP) is 1.73. The van der Waals surface area contributed by atoms with E-state index in [1.807, 2.05) is 6.07 Å². The van der Waals surface area contributed by atoms with Crippen LogP contribution in [-0.2, 0) is 4.74 Å². The van der Waals surface area contributed by atoms with Crippen molar-refractivity contribution in [3.05, 3.63) is 24.3 Å². The lowest BCUT2D eigenvalue weighted by atomic mass is 10.2. The Balaban J connectivity index is 0.00000280. The van der Waals surface area contributed by atoms with Crippen LogP contribution in [0.4, 0.5) is 5.69 Å². The Kier molecular flexibility index (Phi) is 10.1. The predicted molar refractivity (Wildman–Crippen MR) is 125 cm³/mol. The van der Waals surface area contributed by atoms with Gasteiger partial charge in [-0.25, -0.2) is 0 Å². The van der Waals surface area contributed by atoms with Gasteiger partial charge in [0.1, 0.15) is 5.75 Å². The molecular weight excluding hydrogens is 469 g/mol. The Morgan fingerprint density at radius 3 is 2.57 bits per heavy atom. The molecule has 0 aromatic heterocycles. The number of anilines is 1. The molecule has 1 aromatic rings. The van der Waals surface area contributed by atoms with Crippen molar-refractivity contribution < 1.29 is 9.47 Å². The van der Waals surface area contributed by atoms with Gasteiger partial charge in [-0.1, -0.05) is 6.07 Å². The number of hydrogen-bond donors (Lipinski definition) is 1. The van der Waals surface area contributed by atoms with Crippen LogP contribution in [0.5, 0.6) is 5.75 Å². The van der Waals surface area contributed by atoms with Crippen molar-refractivity contribution in [3.63, 3.8) is 0 Å². The zero-order chi connectivity index (χ0) is 18.9. The van der Waals surface area contributed by atoms with E-state index in [4.69, 9.17) is 14.5 Å². The van der Waals surface area contributed by atoms with E-state index in [9.17, 15) is 0 Å². The minimum atomic E-state index is 0. The third-order valence-electron chi connectivity index (χ3n) is 5.11. The summed E-state index contributed by atoms with van der Waals surface area (Å²) in [4.78, 5) is 12.1. The summed E-state index contributed by atoms with van der Waals surface area (Å²) in [5.74, 6) is 1.95. The summed E-state index contributed by atoms with van der Waals surface area (Å²) >= 11 is 0. The van der Waals surface area contributed by atoms with Crippen LogP contribution < -0.4 is 15.0 Å². The summed E-state index contributed by atoms with van der Waals surface area (Å²) in [5.41, 5.74) is 1.23. The van der Waals surface area contributed by atoms with Gasteiger partial charge in [-0.3, -0.25) is 9.89 Å². The van der Waals surface area contributed by atoms with Gasteiger partial charge >= 0.3 is 0 Å². The number of methoxy groups -OCH3 is 1. The molecule has 0 unspecified atom stereocenters. The highest BCUT2D eigenvalue weighted by Gasteiger charge is 2.20. The Morgan fingerprint density at radius 2 is 1.89 bits per heavy atom. The summed E-state index contributed by atoms with van der Waals surface area (Å²) in [7, 11) is 1.72. The first-order valence-corrected chi connectivity index (χ1v) is 10.0. The van der Waals surface area contributed by atoms with Gasteiger partial charge in [0.25, 0.3) is 0 Å². The molecule has 2 aliphatic rings. The fraction of sp³-hybridized carbons (Fsp3) is 0.650. The lowest BCUT2D eigenvalue weighted by molar-refractivity contribution is 0.0394. The van der Waals surface area contributed by atoms with Crippen molar-refractivity contribution >= 4 is 35.6 Å². The van der Waals surface area contributed by atoms with E-state index < -0.39 is 0 Å². The van der Waals surface area contributed by atoms with Gasteiger partial charge < -0.3 is 24.6 Å². The molecule has 2 fully saturated rings. The number of hydrogen-bond acceptors (Lipinski definition) is 5. The van der Waals surface area contributed by atoms with E-state index in [1.54, 1.807) is 7.11 Å². The smallest absolute Gasteiger partial charge is 0.194 e. The van der Waals surface area contributed by atoms with E-state index >= 15 is 0 Å². The molecule has 3 rings (SSSR count). The molecule has 2 aliphatic heterocycles. The maximum atomic E-state index is 5.41. The van der Waals surface area contributed by atoms with Crippen LogP contribution in [0.15, 0.2) is 29.3 Å². The zero-order valence-electron chi connectivity index (χ0n) is 17.1. The topological polar surface area (TPSA) is 52.6 Å². The van der Waals surface area contributed by atoms with Crippen molar-refractivity contribution in [2.24, 2.45) is 4.99 Å². The maximum absolute atomic E-state index is 5.41. The average Bonchev–Trinajstić information content (AvgIpc) is 2.74. The minimum Gasteiger partial charge on any atom is -0.497 e. The van der Waals surface area contributed by atoms with Crippen molar-refractivity contribution in [2.75, 3.05) is 84.1 Å². The third kappa shape index (κ3) is 6.66. The van der Waals surface area contributed by atoms with Crippen LogP contribution in [0.3, 0.4) is 0 Å². The molecule has 28 heavy (non-hydrogen) atoms. The highest BCUT2D eigenvalue weighted by Crippen LogP contribution is 2.22. The van der Waals surface area contributed by atoms with Crippen molar-refractivity contribution in [2.45, 2.75) is 6.92 Å². The molecule has 8 heteroatoms. The zero-order valence-corrected chi connectivity index (χ0v) is 19.4. The second-order valence-corrected chi connectivity index (χ2v) is 6.87. The number of piperazine rings is 1. The average molecular weight is 503 g/mol. The quantitative estimate of drug-likeness (QED) is 0.363. The first-order chi connectivity index (χ1) is 13.3. The number of ether oxygens (including phenoxy) is 2. The number of rotatable bonds is 6. The summed E-state index contributed by atoms with van der Waals surface area (Å²) in [6.45, 7) is 12.5. The molecule has 0 bridgehead atoms. The van der Waals surface area contributed by atoms with Gasteiger partial charge in [0.15, 0.2) is 5.96 Å². The molecule has 0 amide bonds. The van der Waals surface area contributed by atoms with E-state index in [0.29, 0.717) is 0 Å². The Labute approximate surface area is 186 Å². The maximum Gasteiger partial charge on any atom is 0.194 e. The molecule has 2 saturated heterocycles. The fourth-order valence-corrected chi connectivity index (χ4v) is 3.53. The molecule has 0 radical (unpaired) electrons. The SMILES string of the molecule is CCNC(=NCCN1CCOCC1)N1CCN(c2cccc(OC)c2)CC1.I. The molecule has 2 heterocycles. The number of benzene rings is 1. The van der Waals surface area contributed by atoms with Gasteiger partial charge in [0.05, 0.1) is 26.9 Å². The lowest BCUT2D eigenvalue weighted by Crippen LogP contribution is -2.52. The summed E-state index contributed by atoms with van der Waals surface area (Å²) in [6.07, 6.45) is 0. The minimum absolute atomic E-state index is 0. The molecular formula is C20H34IN5O2. The Morgan fingerprint density at radius 1 is 1.14 bits per heavy atom. The number of morpholine rings is 1. The number of nitrogens with zero attached hydrogens (tertiary/aromatic N) is 4. The van der Waals surface area contributed by atoms with E-state index in [1.165, 1.54) is 5.69 Å². The van der Waals surface area contributed by atoms with E-state index in [0.717, 1.165) is 83.8 Å². The van der Waals surface area contributed by atoms with Crippen LogP contribution in [0.1, 0.15) is 6.92 Å². The first kappa shape index (κ1) is 23.0. The molecule has 1 aromatic carbocycles. The number of halogens is 1. The third-order valence-corrected chi connectivity index (χ3v) is 5.11. The van der Waals surface area contributed by atoms with E-state index in [2.05, 4.69) is 45.1 Å². The highest BCUT2D eigenvalue weighted by atomic mass is 127. The summed E-state index contributed by atoms with van der Waals surface area (Å²) in [6, 6.07) is 8.30. The number of nitrogens with one attached hydrogen (secondary N) is 1. The lowest BCUT2D eigenvalue weighted by Gasteiger charge is -2.38. The molecule has 7 nitrogen and oxygen atoms in total. The van der Waals surface area contributed by atoms with Crippen LogP contribution in [-0.4, -0.2) is 95.0 Å². The van der Waals surface area contributed by atoms with Gasteiger partial charge in [0, 0.05) is 64.1 Å². The van der Waals surface area contributed by atoms with Crippen LogP contribution in [0, 0.1) is 0 Å². The van der Waals surface area contributed by atoms with Gasteiger partial charge in [-0.2, -0.15) is 0 Å². The Bertz CT molecular complexity index is 602. The standard InChI is InChI=1S/C20H33N5O2.HI/c1-3-21-20(22-7-8-23-13-15-27-16-14-23)25-11-9-24(10-12-25)18-5-4-6-19(17-18)26-2;/h4-6,17H,3,7-16H2,1-2H3,(H,21,22);1H. The summed E-state index contributed by atoms with van der Waals surface area (Å²) < 4.78 is 10.8. The van der Waals surface area contributed by atoms with Gasteiger partial charge in [-0.05, 0) is 19.1 Å². The molecule has 0 aliphatic carbocycles. The van der Waals surface area contributed by atoms with Gasteiger partial charge in [0.2, 0.25) is 0 Å². The van der Waals surface area contributed by atoms with Crippen molar-refractivity contribution in [1.29, 1.82) is 0 Å². The number of aliphatic imine (C=N–C) groups is 1. The van der Waals surface area contributed by atoms with Gasteiger partial charge in [-0.15, -0.1) is 24.0 Å². The van der Waals surface area contributed by atoms with Crippen LogP contribution >= 0.6 is 24.0 Å². The summed E-state index contributed by atoms with van der Waals surface area (Å²) in [5, 5.41) is 3.46. The molecule has 0 spiro atoms. The molecule has 0 saturated carbocycles. The Hall–Kier alpha value is -1.26. The molecule has 0 atom stereocenters. The highest BCUT2D eigenvalue weighted by molar-refractivity contribution is 14.0. The second kappa shape index (κ2) is 12.3. The van der Waals surface area contributed by atoms with Crippen molar-refractivity contribution in [3.8, 4) is 5.75 Å². The first-order valence-electron chi connectivity index (χ1n) is 10.0. The monoisotopic (exact) mass is 503 g/mol. The van der Waals surface area contributed by atoms with Crippen molar-refractivity contribution in [1.82, 2.24) is 15.1 Å². The number of guanidine groups is 1.